The number of H-pyrrole nitrogens is 1. The standard InChI is InChI=1S/C16H14N4OS/c1-2-5-13-11(4-1)20-16(21-13)17-8-7-12-15(19-10-18-12)14-6-3-9-22-14/h1-6,9-10H,7-8H2,(H,17,20)(H,18,19). The molecule has 3 heterocycles. The van der Waals surface area contributed by atoms with E-state index in [0.717, 1.165) is 35.5 Å². The van der Waals surface area contributed by atoms with Crippen molar-refractivity contribution in [2.24, 2.45) is 0 Å². The number of nitrogens with zero attached hydrogens (tertiary/aromatic N) is 2. The first-order valence-electron chi connectivity index (χ1n) is 7.06. The molecule has 22 heavy (non-hydrogen) atoms. The number of aromatic nitrogens is 3. The van der Waals surface area contributed by atoms with Crippen LogP contribution in [0.15, 0.2) is 52.5 Å². The molecule has 0 atom stereocenters. The maximum atomic E-state index is 5.64. The van der Waals surface area contributed by atoms with Crippen molar-refractivity contribution in [2.75, 3.05) is 11.9 Å². The molecular weight excluding hydrogens is 296 g/mol. The summed E-state index contributed by atoms with van der Waals surface area (Å²) in [6.07, 6.45) is 2.57. The Balaban J connectivity index is 1.44. The minimum atomic E-state index is 0.554. The zero-order valence-electron chi connectivity index (χ0n) is 11.7. The monoisotopic (exact) mass is 310 g/mol. The Morgan fingerprint density at radius 2 is 2.14 bits per heavy atom. The lowest BCUT2D eigenvalue weighted by Gasteiger charge is -2.02. The normalized spacial score (nSPS) is 11.1. The van der Waals surface area contributed by atoms with Gasteiger partial charge in [0.2, 0.25) is 0 Å². The highest BCUT2D eigenvalue weighted by molar-refractivity contribution is 7.13. The van der Waals surface area contributed by atoms with Gasteiger partial charge in [0.05, 0.1) is 11.2 Å². The molecule has 6 heteroatoms. The summed E-state index contributed by atoms with van der Waals surface area (Å²) in [5, 5.41) is 5.28. The van der Waals surface area contributed by atoms with Crippen molar-refractivity contribution < 1.29 is 4.42 Å². The van der Waals surface area contributed by atoms with Crippen LogP contribution >= 0.6 is 11.3 Å². The van der Waals surface area contributed by atoms with Gasteiger partial charge in [0.1, 0.15) is 11.2 Å². The second-order valence-electron chi connectivity index (χ2n) is 4.87. The van der Waals surface area contributed by atoms with Crippen LogP contribution in [0.5, 0.6) is 0 Å². The Morgan fingerprint density at radius 1 is 1.18 bits per heavy atom. The number of hydrogen-bond acceptors (Lipinski definition) is 5. The molecule has 0 spiro atoms. The molecule has 110 valence electrons. The van der Waals surface area contributed by atoms with E-state index in [1.807, 2.05) is 30.3 Å². The van der Waals surface area contributed by atoms with Crippen LogP contribution in [0.4, 0.5) is 6.01 Å². The lowest BCUT2D eigenvalue weighted by atomic mass is 10.2. The van der Waals surface area contributed by atoms with E-state index in [0.29, 0.717) is 6.01 Å². The molecule has 4 rings (SSSR count). The minimum Gasteiger partial charge on any atom is -0.424 e. The number of imidazole rings is 1. The number of thiophene rings is 1. The number of rotatable bonds is 5. The van der Waals surface area contributed by atoms with Gasteiger partial charge in [-0.05, 0) is 23.6 Å². The molecule has 0 aliphatic rings. The molecule has 5 nitrogen and oxygen atoms in total. The van der Waals surface area contributed by atoms with Crippen molar-refractivity contribution in [3.8, 4) is 10.6 Å². The maximum absolute atomic E-state index is 5.64. The van der Waals surface area contributed by atoms with E-state index >= 15 is 0 Å². The number of oxazole rings is 1. The first kappa shape index (κ1) is 13.1. The Labute approximate surface area is 131 Å². The Kier molecular flexibility index (Phi) is 3.36. The zero-order valence-corrected chi connectivity index (χ0v) is 12.6. The van der Waals surface area contributed by atoms with Gasteiger partial charge in [-0.1, -0.05) is 18.2 Å². The van der Waals surface area contributed by atoms with Crippen LogP contribution in [0.25, 0.3) is 21.7 Å². The number of benzene rings is 1. The van der Waals surface area contributed by atoms with Crippen molar-refractivity contribution in [1.29, 1.82) is 0 Å². The van der Waals surface area contributed by atoms with Crippen LogP contribution in [0.2, 0.25) is 0 Å². The Morgan fingerprint density at radius 3 is 3.00 bits per heavy atom. The lowest BCUT2D eigenvalue weighted by Crippen LogP contribution is -2.05. The SMILES string of the molecule is c1csc(-c2nc[nH]c2CCNc2nc3ccccc3o2)c1. The highest BCUT2D eigenvalue weighted by Gasteiger charge is 2.10. The van der Waals surface area contributed by atoms with Gasteiger partial charge in [0.15, 0.2) is 5.58 Å². The predicted molar refractivity (Wildman–Crippen MR) is 88.1 cm³/mol. The number of fused-ring (bicyclic) bond motifs is 1. The summed E-state index contributed by atoms with van der Waals surface area (Å²) >= 11 is 1.69. The van der Waals surface area contributed by atoms with Crippen molar-refractivity contribution in [3.63, 3.8) is 0 Å². The van der Waals surface area contributed by atoms with Gasteiger partial charge in [-0.15, -0.1) is 11.3 Å². The van der Waals surface area contributed by atoms with E-state index in [4.69, 9.17) is 4.42 Å². The molecule has 0 aliphatic heterocycles. The largest absolute Gasteiger partial charge is 0.424 e. The second-order valence-corrected chi connectivity index (χ2v) is 5.82. The van der Waals surface area contributed by atoms with Crippen LogP contribution in [0, 0.1) is 0 Å². The number of nitrogens with one attached hydrogen (secondary N) is 2. The van der Waals surface area contributed by atoms with E-state index in [1.165, 1.54) is 4.88 Å². The van der Waals surface area contributed by atoms with Crippen LogP contribution < -0.4 is 5.32 Å². The highest BCUT2D eigenvalue weighted by Crippen LogP contribution is 2.25. The third kappa shape index (κ3) is 2.48. The Hall–Kier alpha value is -2.60. The zero-order chi connectivity index (χ0) is 14.8. The molecule has 1 aromatic carbocycles. The van der Waals surface area contributed by atoms with Gasteiger partial charge in [-0.25, -0.2) is 4.98 Å². The van der Waals surface area contributed by atoms with Crippen LogP contribution in [-0.4, -0.2) is 21.5 Å². The molecule has 0 aliphatic carbocycles. The summed E-state index contributed by atoms with van der Waals surface area (Å²) in [5.74, 6) is 0. The van der Waals surface area contributed by atoms with Gasteiger partial charge in [-0.2, -0.15) is 4.98 Å². The summed E-state index contributed by atoms with van der Waals surface area (Å²) in [4.78, 5) is 13.2. The highest BCUT2D eigenvalue weighted by atomic mass is 32.1. The van der Waals surface area contributed by atoms with E-state index in [2.05, 4.69) is 31.7 Å². The summed E-state index contributed by atoms with van der Waals surface area (Å²) in [6, 6.07) is 12.4. The van der Waals surface area contributed by atoms with Gasteiger partial charge < -0.3 is 14.7 Å². The number of anilines is 1. The first-order chi connectivity index (χ1) is 10.9. The van der Waals surface area contributed by atoms with E-state index < -0.39 is 0 Å². The number of para-hydroxylation sites is 2. The molecule has 0 saturated carbocycles. The molecule has 0 unspecified atom stereocenters. The maximum Gasteiger partial charge on any atom is 0.295 e. The topological polar surface area (TPSA) is 66.7 Å². The summed E-state index contributed by atoms with van der Waals surface area (Å²) in [6.45, 7) is 0.730. The van der Waals surface area contributed by atoms with E-state index in [1.54, 1.807) is 17.7 Å². The molecule has 0 saturated heterocycles. The fourth-order valence-corrected chi connectivity index (χ4v) is 3.13. The third-order valence-corrected chi connectivity index (χ3v) is 4.29. The van der Waals surface area contributed by atoms with Gasteiger partial charge >= 0.3 is 0 Å². The minimum absolute atomic E-state index is 0.554. The molecule has 0 amide bonds. The second kappa shape index (κ2) is 5.65. The summed E-state index contributed by atoms with van der Waals surface area (Å²) in [5.41, 5.74) is 3.80. The molecule has 0 bridgehead atoms. The summed E-state index contributed by atoms with van der Waals surface area (Å²) < 4.78 is 5.64. The molecular formula is C16H14N4OS. The van der Waals surface area contributed by atoms with Crippen molar-refractivity contribution >= 4 is 28.5 Å². The van der Waals surface area contributed by atoms with Crippen LogP contribution in [0.1, 0.15) is 5.69 Å². The average Bonchev–Trinajstić information content (AvgIpc) is 3.27. The Bertz CT molecular complexity index is 845. The number of hydrogen-bond donors (Lipinski definition) is 2. The lowest BCUT2D eigenvalue weighted by molar-refractivity contribution is 0.614. The quantitative estimate of drug-likeness (QED) is 0.586. The predicted octanol–water partition coefficient (Wildman–Crippen LogP) is 3.93. The van der Waals surface area contributed by atoms with Crippen molar-refractivity contribution in [3.05, 3.63) is 53.8 Å². The van der Waals surface area contributed by atoms with Crippen LogP contribution in [-0.2, 0) is 6.42 Å². The molecule has 2 N–H and O–H groups in total. The average molecular weight is 310 g/mol. The molecule has 0 fully saturated rings. The smallest absolute Gasteiger partial charge is 0.295 e. The fourth-order valence-electron chi connectivity index (χ4n) is 2.38. The van der Waals surface area contributed by atoms with Gasteiger partial charge in [0.25, 0.3) is 6.01 Å². The van der Waals surface area contributed by atoms with E-state index in [9.17, 15) is 0 Å². The molecule has 3 aromatic heterocycles. The van der Waals surface area contributed by atoms with Crippen molar-refractivity contribution in [2.45, 2.75) is 6.42 Å². The molecule has 4 aromatic rings. The molecule has 0 radical (unpaired) electrons. The van der Waals surface area contributed by atoms with Gasteiger partial charge in [-0.3, -0.25) is 0 Å². The first-order valence-corrected chi connectivity index (χ1v) is 7.94. The summed E-state index contributed by atoms with van der Waals surface area (Å²) in [7, 11) is 0. The van der Waals surface area contributed by atoms with Crippen molar-refractivity contribution in [1.82, 2.24) is 15.0 Å². The third-order valence-electron chi connectivity index (χ3n) is 3.42. The van der Waals surface area contributed by atoms with Gasteiger partial charge in [0, 0.05) is 18.7 Å². The van der Waals surface area contributed by atoms with Crippen LogP contribution in [0.3, 0.4) is 0 Å². The fraction of sp³-hybridized carbons (Fsp3) is 0.125. The number of aromatic amines is 1. The van der Waals surface area contributed by atoms with E-state index in [-0.39, 0.29) is 0 Å².